The Morgan fingerprint density at radius 1 is 0.933 bits per heavy atom. The van der Waals surface area contributed by atoms with E-state index in [2.05, 4.69) is 10.6 Å². The molecule has 2 N–H and O–H groups in total. The molecule has 0 aliphatic rings. The van der Waals surface area contributed by atoms with Gasteiger partial charge in [-0.1, -0.05) is 54.1 Å². The van der Waals surface area contributed by atoms with Gasteiger partial charge in [-0.25, -0.2) is 0 Å². The Hall–Kier alpha value is -4.26. The first-order valence-electron chi connectivity index (χ1n) is 9.13. The highest BCUT2D eigenvalue weighted by Gasteiger charge is 2.17. The van der Waals surface area contributed by atoms with Crippen LogP contribution in [0.3, 0.4) is 0 Å². The van der Waals surface area contributed by atoms with Crippen molar-refractivity contribution in [3.05, 3.63) is 111 Å². The smallest absolute Gasteiger partial charge is 0.272 e. The molecule has 0 atom stereocenters. The molecule has 7 heteroatoms. The van der Waals surface area contributed by atoms with Crippen LogP contribution in [-0.4, -0.2) is 16.7 Å². The van der Waals surface area contributed by atoms with Gasteiger partial charge in [0.25, 0.3) is 17.5 Å². The van der Waals surface area contributed by atoms with E-state index >= 15 is 0 Å². The minimum atomic E-state index is -0.625. The van der Waals surface area contributed by atoms with E-state index in [0.717, 1.165) is 11.6 Å². The highest BCUT2D eigenvalue weighted by molar-refractivity contribution is 6.10. The van der Waals surface area contributed by atoms with Gasteiger partial charge in [0, 0.05) is 23.4 Å². The van der Waals surface area contributed by atoms with Gasteiger partial charge in [0.1, 0.15) is 5.70 Å². The molecule has 2 amide bonds. The molecule has 7 nitrogen and oxygen atoms in total. The van der Waals surface area contributed by atoms with Gasteiger partial charge in [-0.05, 0) is 36.8 Å². The van der Waals surface area contributed by atoms with Crippen molar-refractivity contribution >= 4 is 29.3 Å². The summed E-state index contributed by atoms with van der Waals surface area (Å²) < 4.78 is 0. The van der Waals surface area contributed by atoms with Crippen molar-refractivity contribution in [3.63, 3.8) is 0 Å². The van der Waals surface area contributed by atoms with Crippen LogP contribution >= 0.6 is 0 Å². The van der Waals surface area contributed by atoms with Crippen LogP contribution in [0.2, 0.25) is 0 Å². The van der Waals surface area contributed by atoms with E-state index in [1.54, 1.807) is 30.3 Å². The molecular formula is C23H19N3O4. The molecule has 0 heterocycles. The Morgan fingerprint density at radius 3 is 2.30 bits per heavy atom. The van der Waals surface area contributed by atoms with Crippen molar-refractivity contribution < 1.29 is 14.5 Å². The number of nitro groups is 1. The Bertz CT molecular complexity index is 1110. The quantitative estimate of drug-likeness (QED) is 0.365. The van der Waals surface area contributed by atoms with Crippen LogP contribution in [0.5, 0.6) is 0 Å². The fraction of sp³-hybridized carbons (Fsp3) is 0.0435. The summed E-state index contributed by atoms with van der Waals surface area (Å²) in [4.78, 5) is 35.9. The van der Waals surface area contributed by atoms with Gasteiger partial charge in [-0.3, -0.25) is 19.7 Å². The van der Waals surface area contributed by atoms with E-state index in [0.29, 0.717) is 11.3 Å². The third-order valence-electron chi connectivity index (χ3n) is 4.23. The number of aryl methyl sites for hydroxylation is 1. The maximum absolute atomic E-state index is 12.8. The summed E-state index contributed by atoms with van der Waals surface area (Å²) in [5.41, 5.74) is 2.22. The molecule has 30 heavy (non-hydrogen) atoms. The maximum atomic E-state index is 12.8. The molecule has 0 saturated heterocycles. The lowest BCUT2D eigenvalue weighted by molar-refractivity contribution is -0.384. The van der Waals surface area contributed by atoms with Crippen molar-refractivity contribution in [2.75, 3.05) is 5.32 Å². The number of non-ortho nitro benzene ring substituents is 1. The van der Waals surface area contributed by atoms with E-state index in [1.165, 1.54) is 18.2 Å². The number of nitrogens with one attached hydrogen (secondary N) is 2. The summed E-state index contributed by atoms with van der Waals surface area (Å²) >= 11 is 0. The van der Waals surface area contributed by atoms with Crippen molar-refractivity contribution in [1.29, 1.82) is 0 Å². The minimum Gasteiger partial charge on any atom is -0.321 e. The number of carbonyl (C=O) groups is 2. The molecule has 0 aliphatic heterocycles. The Labute approximate surface area is 173 Å². The second-order valence-electron chi connectivity index (χ2n) is 6.55. The van der Waals surface area contributed by atoms with E-state index in [4.69, 9.17) is 0 Å². The van der Waals surface area contributed by atoms with Crippen LogP contribution in [0.1, 0.15) is 21.5 Å². The summed E-state index contributed by atoms with van der Waals surface area (Å²) in [6.45, 7) is 1.94. The predicted octanol–water partition coefficient (Wildman–Crippen LogP) is 4.31. The van der Waals surface area contributed by atoms with E-state index in [1.807, 2.05) is 37.3 Å². The van der Waals surface area contributed by atoms with Gasteiger partial charge in [-0.2, -0.15) is 0 Å². The number of carbonyl (C=O) groups excluding carboxylic acids is 2. The van der Waals surface area contributed by atoms with Gasteiger partial charge in [0.05, 0.1) is 4.92 Å². The van der Waals surface area contributed by atoms with Gasteiger partial charge >= 0.3 is 0 Å². The molecule has 0 radical (unpaired) electrons. The highest BCUT2D eigenvalue weighted by Crippen LogP contribution is 2.15. The summed E-state index contributed by atoms with van der Waals surface area (Å²) in [5, 5.41) is 16.3. The minimum absolute atomic E-state index is 0.0123. The first-order valence-corrected chi connectivity index (χ1v) is 9.13. The van der Waals surface area contributed by atoms with Crippen LogP contribution in [0.25, 0.3) is 6.08 Å². The lowest BCUT2D eigenvalue weighted by Gasteiger charge is -2.11. The van der Waals surface area contributed by atoms with Crippen molar-refractivity contribution in [3.8, 4) is 0 Å². The predicted molar refractivity (Wildman–Crippen MR) is 115 cm³/mol. The highest BCUT2D eigenvalue weighted by atomic mass is 16.6. The number of hydrogen-bond acceptors (Lipinski definition) is 4. The monoisotopic (exact) mass is 401 g/mol. The second-order valence-corrected chi connectivity index (χ2v) is 6.55. The molecule has 3 aromatic carbocycles. The average molecular weight is 401 g/mol. The topological polar surface area (TPSA) is 101 Å². The molecule has 150 valence electrons. The van der Waals surface area contributed by atoms with Crippen LogP contribution < -0.4 is 10.6 Å². The zero-order valence-electron chi connectivity index (χ0n) is 16.2. The Morgan fingerprint density at radius 2 is 1.63 bits per heavy atom. The molecule has 0 aromatic heterocycles. The molecule has 3 aromatic rings. The molecule has 0 saturated carbocycles. The van der Waals surface area contributed by atoms with Gasteiger partial charge < -0.3 is 10.6 Å². The van der Waals surface area contributed by atoms with Gasteiger partial charge in [0.2, 0.25) is 0 Å². The van der Waals surface area contributed by atoms with E-state index in [-0.39, 0.29) is 16.9 Å². The van der Waals surface area contributed by atoms with Gasteiger partial charge in [-0.15, -0.1) is 0 Å². The Kier molecular flexibility index (Phi) is 6.34. The first-order chi connectivity index (χ1) is 14.4. The van der Waals surface area contributed by atoms with Crippen molar-refractivity contribution in [2.45, 2.75) is 6.92 Å². The van der Waals surface area contributed by atoms with Gasteiger partial charge in [0.15, 0.2) is 0 Å². The van der Waals surface area contributed by atoms with Crippen molar-refractivity contribution in [2.24, 2.45) is 0 Å². The molecule has 0 unspecified atom stereocenters. The number of hydrogen-bond donors (Lipinski definition) is 2. The summed E-state index contributed by atoms with van der Waals surface area (Å²) in [6.07, 6.45) is 1.54. The van der Waals surface area contributed by atoms with Crippen LogP contribution in [0, 0.1) is 17.0 Å². The third kappa shape index (κ3) is 5.39. The van der Waals surface area contributed by atoms with E-state index in [9.17, 15) is 19.7 Å². The largest absolute Gasteiger partial charge is 0.321 e. The standard InChI is InChI=1S/C23H19N3O4/c1-16-10-12-19(13-11-16)24-23(28)21(14-17-6-3-2-4-7-17)25-22(27)18-8-5-9-20(15-18)26(29)30/h2-15H,1H3,(H,24,28)(H,25,27)/b21-14+. The van der Waals surface area contributed by atoms with E-state index < -0.39 is 16.7 Å². The maximum Gasteiger partial charge on any atom is 0.272 e. The average Bonchev–Trinajstić information content (AvgIpc) is 2.75. The lowest BCUT2D eigenvalue weighted by atomic mass is 10.1. The Balaban J connectivity index is 1.87. The summed E-state index contributed by atoms with van der Waals surface area (Å²) in [7, 11) is 0. The second kappa shape index (κ2) is 9.29. The lowest BCUT2D eigenvalue weighted by Crippen LogP contribution is -2.30. The number of nitro benzene ring substituents is 1. The zero-order valence-corrected chi connectivity index (χ0v) is 16.2. The normalized spacial score (nSPS) is 10.9. The molecule has 0 fully saturated rings. The van der Waals surface area contributed by atoms with Crippen molar-refractivity contribution in [1.82, 2.24) is 5.32 Å². The number of rotatable bonds is 6. The fourth-order valence-corrected chi connectivity index (χ4v) is 2.66. The molecule has 3 rings (SSSR count). The first kappa shape index (κ1) is 20.5. The summed E-state index contributed by atoms with van der Waals surface area (Å²) in [5.74, 6) is -1.14. The zero-order chi connectivity index (χ0) is 21.5. The SMILES string of the molecule is Cc1ccc(NC(=O)/C(=C\c2ccccc2)NC(=O)c2cccc([N+](=O)[O-])c2)cc1. The molecular weight excluding hydrogens is 382 g/mol. The molecule has 0 bridgehead atoms. The summed E-state index contributed by atoms with van der Waals surface area (Å²) in [6, 6.07) is 21.6. The van der Waals surface area contributed by atoms with Crippen LogP contribution in [0.4, 0.5) is 11.4 Å². The number of benzene rings is 3. The molecule has 0 aliphatic carbocycles. The number of anilines is 1. The number of nitrogens with zero attached hydrogens (tertiary/aromatic N) is 1. The number of amides is 2. The van der Waals surface area contributed by atoms with Crippen LogP contribution in [-0.2, 0) is 4.79 Å². The fourth-order valence-electron chi connectivity index (χ4n) is 2.66. The van der Waals surface area contributed by atoms with Crippen LogP contribution in [0.15, 0.2) is 84.6 Å². The third-order valence-corrected chi connectivity index (χ3v) is 4.23. The molecule has 0 spiro atoms.